The molecule has 2 aliphatic rings. The lowest BCUT2D eigenvalue weighted by atomic mass is 10.1. The molecule has 1 aromatic heterocycles. The maximum atomic E-state index is 6.37. The molecule has 0 bridgehead atoms. The summed E-state index contributed by atoms with van der Waals surface area (Å²) < 4.78 is 14.1. The van der Waals surface area contributed by atoms with Crippen LogP contribution >= 0.6 is 0 Å². The average Bonchev–Trinajstić information content (AvgIpc) is 2.88. The van der Waals surface area contributed by atoms with Crippen LogP contribution in [-0.2, 0) is 11.8 Å². The largest absolute Gasteiger partial charge is 0.490 e. The fourth-order valence-corrected chi connectivity index (χ4v) is 4.11. The Morgan fingerprint density at radius 2 is 1.81 bits per heavy atom. The lowest BCUT2D eigenvalue weighted by molar-refractivity contribution is 0.0924. The standard InChI is InChI=1S/C21H31N3O2/c1-22-10-8-19-20(22)4-2-5-21(19)26-18-6-11-24(12-7-18)14-13-23-9-3-16-25-17-15-23/h2,4-5,8,10,18H,3,6-7,9,11-17H2,1H3. The van der Waals surface area contributed by atoms with Crippen molar-refractivity contribution < 1.29 is 9.47 Å². The van der Waals surface area contributed by atoms with Gasteiger partial charge in [0.1, 0.15) is 11.9 Å². The molecular weight excluding hydrogens is 326 g/mol. The molecule has 1 aromatic carbocycles. The van der Waals surface area contributed by atoms with Crippen molar-refractivity contribution >= 4 is 10.9 Å². The van der Waals surface area contributed by atoms with Crippen LogP contribution in [0.25, 0.3) is 10.9 Å². The molecule has 5 heteroatoms. The summed E-state index contributed by atoms with van der Waals surface area (Å²) in [6, 6.07) is 8.51. The number of nitrogens with zero attached hydrogens (tertiary/aromatic N) is 3. The Bertz CT molecular complexity index is 698. The normalized spacial score (nSPS) is 21.1. The molecule has 3 heterocycles. The first kappa shape index (κ1) is 17.8. The Hall–Kier alpha value is -1.56. The molecule has 0 unspecified atom stereocenters. The Balaban J connectivity index is 1.25. The zero-order valence-electron chi connectivity index (χ0n) is 15.9. The van der Waals surface area contributed by atoms with Crippen LogP contribution in [0.5, 0.6) is 5.75 Å². The van der Waals surface area contributed by atoms with Gasteiger partial charge in [-0.3, -0.25) is 4.90 Å². The van der Waals surface area contributed by atoms with Crippen molar-refractivity contribution in [3.63, 3.8) is 0 Å². The zero-order valence-corrected chi connectivity index (χ0v) is 15.9. The van der Waals surface area contributed by atoms with Crippen LogP contribution in [0.4, 0.5) is 0 Å². The number of rotatable bonds is 5. The lowest BCUT2D eigenvalue weighted by Crippen LogP contribution is -2.42. The van der Waals surface area contributed by atoms with Crippen molar-refractivity contribution in [1.82, 2.24) is 14.4 Å². The SMILES string of the molecule is Cn1ccc2c(OC3CCN(CCN4CCCOCC4)CC3)cccc21. The highest BCUT2D eigenvalue weighted by atomic mass is 16.5. The summed E-state index contributed by atoms with van der Waals surface area (Å²) in [5.41, 5.74) is 1.24. The lowest BCUT2D eigenvalue weighted by Gasteiger charge is -2.33. The number of hydrogen-bond acceptors (Lipinski definition) is 4. The number of aryl methyl sites for hydroxylation is 1. The van der Waals surface area contributed by atoms with Crippen LogP contribution in [0.15, 0.2) is 30.5 Å². The van der Waals surface area contributed by atoms with Crippen molar-refractivity contribution in [2.24, 2.45) is 7.05 Å². The van der Waals surface area contributed by atoms with E-state index in [-0.39, 0.29) is 0 Å². The molecule has 0 atom stereocenters. The molecule has 0 amide bonds. The first-order valence-electron chi connectivity index (χ1n) is 10.0. The molecule has 5 nitrogen and oxygen atoms in total. The van der Waals surface area contributed by atoms with E-state index in [0.717, 1.165) is 58.0 Å². The second-order valence-corrected chi connectivity index (χ2v) is 7.58. The molecule has 0 saturated carbocycles. The first-order chi connectivity index (χ1) is 12.8. The average molecular weight is 357 g/mol. The van der Waals surface area contributed by atoms with E-state index >= 15 is 0 Å². The third kappa shape index (κ3) is 4.22. The molecule has 2 fully saturated rings. The number of ether oxygens (including phenoxy) is 2. The van der Waals surface area contributed by atoms with Crippen molar-refractivity contribution in [2.75, 3.05) is 52.5 Å². The molecule has 142 valence electrons. The van der Waals surface area contributed by atoms with Gasteiger partial charge in [-0.25, -0.2) is 0 Å². The van der Waals surface area contributed by atoms with Gasteiger partial charge in [-0.1, -0.05) is 6.07 Å². The van der Waals surface area contributed by atoms with Gasteiger partial charge < -0.3 is 18.9 Å². The van der Waals surface area contributed by atoms with E-state index in [1.165, 1.54) is 30.4 Å². The van der Waals surface area contributed by atoms with Gasteiger partial charge in [-0.05, 0) is 37.5 Å². The van der Waals surface area contributed by atoms with Gasteiger partial charge in [0.25, 0.3) is 0 Å². The van der Waals surface area contributed by atoms with Crippen LogP contribution in [0.3, 0.4) is 0 Å². The Kier molecular flexibility index (Phi) is 5.78. The molecule has 0 aliphatic carbocycles. The highest BCUT2D eigenvalue weighted by Gasteiger charge is 2.22. The molecule has 0 N–H and O–H groups in total. The number of likely N-dealkylation sites (tertiary alicyclic amines) is 1. The van der Waals surface area contributed by atoms with Crippen molar-refractivity contribution in [2.45, 2.75) is 25.4 Å². The predicted octanol–water partition coefficient (Wildman–Crippen LogP) is 2.74. The van der Waals surface area contributed by atoms with Gasteiger partial charge >= 0.3 is 0 Å². The third-order valence-electron chi connectivity index (χ3n) is 5.76. The van der Waals surface area contributed by atoms with E-state index in [9.17, 15) is 0 Å². The molecule has 0 radical (unpaired) electrons. The zero-order chi connectivity index (χ0) is 17.8. The summed E-state index contributed by atoms with van der Waals surface area (Å²) in [7, 11) is 2.08. The first-order valence-corrected chi connectivity index (χ1v) is 10.0. The van der Waals surface area contributed by atoms with Crippen LogP contribution in [0.1, 0.15) is 19.3 Å². The Labute approximate surface area is 156 Å². The fourth-order valence-electron chi connectivity index (χ4n) is 4.11. The van der Waals surface area contributed by atoms with Crippen LogP contribution in [0.2, 0.25) is 0 Å². The summed E-state index contributed by atoms with van der Waals surface area (Å²) in [4.78, 5) is 5.14. The number of aromatic nitrogens is 1. The van der Waals surface area contributed by atoms with Crippen LogP contribution in [-0.4, -0.2) is 73.0 Å². The summed E-state index contributed by atoms with van der Waals surface area (Å²) in [5.74, 6) is 1.03. The summed E-state index contributed by atoms with van der Waals surface area (Å²) in [6.07, 6.45) is 5.84. The minimum atomic E-state index is 0.337. The van der Waals surface area contributed by atoms with E-state index in [0.29, 0.717) is 6.10 Å². The Morgan fingerprint density at radius 3 is 2.65 bits per heavy atom. The molecule has 2 saturated heterocycles. The number of hydrogen-bond donors (Lipinski definition) is 0. The topological polar surface area (TPSA) is 29.9 Å². The van der Waals surface area contributed by atoms with E-state index in [1.54, 1.807) is 0 Å². The maximum absolute atomic E-state index is 6.37. The monoisotopic (exact) mass is 357 g/mol. The van der Waals surface area contributed by atoms with Gasteiger partial charge in [-0.2, -0.15) is 0 Å². The molecular formula is C21H31N3O2. The van der Waals surface area contributed by atoms with Gasteiger partial charge in [0.2, 0.25) is 0 Å². The highest BCUT2D eigenvalue weighted by Crippen LogP contribution is 2.28. The second kappa shape index (κ2) is 8.42. The summed E-state index contributed by atoms with van der Waals surface area (Å²) in [6.45, 7) is 8.69. The van der Waals surface area contributed by atoms with Gasteiger partial charge in [0.15, 0.2) is 0 Å². The summed E-state index contributed by atoms with van der Waals surface area (Å²) in [5, 5.41) is 1.22. The number of benzene rings is 1. The minimum absolute atomic E-state index is 0.337. The van der Waals surface area contributed by atoms with Gasteiger partial charge in [0, 0.05) is 64.5 Å². The van der Waals surface area contributed by atoms with E-state index in [1.807, 2.05) is 0 Å². The van der Waals surface area contributed by atoms with E-state index in [2.05, 4.69) is 51.9 Å². The number of fused-ring (bicyclic) bond motifs is 1. The molecule has 0 spiro atoms. The van der Waals surface area contributed by atoms with Crippen LogP contribution < -0.4 is 4.74 Å². The highest BCUT2D eigenvalue weighted by molar-refractivity contribution is 5.86. The fraction of sp³-hybridized carbons (Fsp3) is 0.619. The van der Waals surface area contributed by atoms with Gasteiger partial charge in [0.05, 0.1) is 12.1 Å². The predicted molar refractivity (Wildman–Crippen MR) is 105 cm³/mol. The molecule has 2 aliphatic heterocycles. The van der Waals surface area contributed by atoms with Crippen molar-refractivity contribution in [1.29, 1.82) is 0 Å². The quantitative estimate of drug-likeness (QED) is 0.823. The smallest absolute Gasteiger partial charge is 0.129 e. The van der Waals surface area contributed by atoms with Crippen molar-refractivity contribution in [3.8, 4) is 5.75 Å². The minimum Gasteiger partial charge on any atom is -0.490 e. The molecule has 4 rings (SSSR count). The van der Waals surface area contributed by atoms with Crippen molar-refractivity contribution in [3.05, 3.63) is 30.5 Å². The third-order valence-corrected chi connectivity index (χ3v) is 5.76. The van der Waals surface area contributed by atoms with E-state index in [4.69, 9.17) is 9.47 Å². The maximum Gasteiger partial charge on any atom is 0.129 e. The van der Waals surface area contributed by atoms with Gasteiger partial charge in [-0.15, -0.1) is 0 Å². The number of piperidine rings is 1. The van der Waals surface area contributed by atoms with Crippen LogP contribution in [0, 0.1) is 0 Å². The Morgan fingerprint density at radius 1 is 1.00 bits per heavy atom. The molecule has 2 aromatic rings. The molecule has 26 heavy (non-hydrogen) atoms. The second-order valence-electron chi connectivity index (χ2n) is 7.58. The van der Waals surface area contributed by atoms with E-state index < -0.39 is 0 Å². The summed E-state index contributed by atoms with van der Waals surface area (Å²) >= 11 is 0.